The molecule has 0 aliphatic carbocycles. The molecular formula is C26H18Br2N2O3S. The van der Waals surface area contributed by atoms with Crippen molar-refractivity contribution in [3.05, 3.63) is 99.7 Å². The highest BCUT2D eigenvalue weighted by Gasteiger charge is 2.24. The number of aryl methyl sites for hydroxylation is 1. The third-order valence-corrected chi connectivity index (χ3v) is 7.59. The van der Waals surface area contributed by atoms with Gasteiger partial charge in [0.05, 0.1) is 31.2 Å². The lowest BCUT2D eigenvalue weighted by Gasteiger charge is -2.10. The summed E-state index contributed by atoms with van der Waals surface area (Å²) < 4.78 is 35.6. The van der Waals surface area contributed by atoms with Crippen molar-refractivity contribution in [1.82, 2.24) is 8.96 Å². The molecule has 3 aromatic carbocycles. The predicted octanol–water partition coefficient (Wildman–Crippen LogP) is 7.62. The third kappa shape index (κ3) is 4.29. The van der Waals surface area contributed by atoms with Gasteiger partial charge in [0.2, 0.25) is 0 Å². The van der Waals surface area contributed by atoms with Crippen LogP contribution in [0.2, 0.25) is 0 Å². The van der Waals surface area contributed by atoms with Crippen molar-refractivity contribution >= 4 is 69.8 Å². The Labute approximate surface area is 214 Å². The van der Waals surface area contributed by atoms with Crippen molar-refractivity contribution in [2.45, 2.75) is 11.8 Å². The van der Waals surface area contributed by atoms with Gasteiger partial charge in [-0.05, 0) is 93.4 Å². The minimum absolute atomic E-state index is 0.216. The van der Waals surface area contributed by atoms with Crippen molar-refractivity contribution in [2.75, 3.05) is 0 Å². The molecule has 0 fully saturated rings. The smallest absolute Gasteiger partial charge is 0.268 e. The van der Waals surface area contributed by atoms with E-state index in [-0.39, 0.29) is 4.90 Å². The van der Waals surface area contributed by atoms with Crippen LogP contribution in [0.5, 0.6) is 11.5 Å². The fourth-order valence-electron chi connectivity index (χ4n) is 3.83. The van der Waals surface area contributed by atoms with Gasteiger partial charge in [0.25, 0.3) is 10.0 Å². The summed E-state index contributed by atoms with van der Waals surface area (Å²) in [6, 6.07) is 23.6. The lowest BCUT2D eigenvalue weighted by atomic mass is 10.1. The van der Waals surface area contributed by atoms with Gasteiger partial charge in [0, 0.05) is 10.8 Å². The summed E-state index contributed by atoms with van der Waals surface area (Å²) in [6.07, 6.45) is 3.40. The first kappa shape index (κ1) is 22.8. The van der Waals surface area contributed by atoms with Gasteiger partial charge in [-0.1, -0.05) is 35.9 Å². The molecule has 0 aliphatic rings. The molecule has 0 radical (unpaired) electrons. The average Bonchev–Trinajstić information content (AvgIpc) is 3.13. The second-order valence-electron chi connectivity index (χ2n) is 7.74. The molecule has 0 N–H and O–H groups in total. The first-order valence-corrected chi connectivity index (χ1v) is 13.4. The SMILES string of the molecule is Cc1ccc(S(=O)(=O)n2c3ccc(Oc4ccccc4)cc3c3cc(C=C(Br)Br)ncc32)cc1. The summed E-state index contributed by atoms with van der Waals surface area (Å²) in [5.74, 6) is 1.31. The lowest BCUT2D eigenvalue weighted by molar-refractivity contribution is 0.483. The zero-order valence-electron chi connectivity index (χ0n) is 17.9. The van der Waals surface area contributed by atoms with E-state index < -0.39 is 10.0 Å². The number of fused-ring (bicyclic) bond motifs is 3. The van der Waals surface area contributed by atoms with E-state index in [1.54, 1.807) is 48.7 Å². The van der Waals surface area contributed by atoms with E-state index in [0.29, 0.717) is 28.2 Å². The van der Waals surface area contributed by atoms with Crippen molar-refractivity contribution in [1.29, 1.82) is 0 Å². The molecule has 0 aliphatic heterocycles. The highest BCUT2D eigenvalue weighted by molar-refractivity contribution is 9.28. The van der Waals surface area contributed by atoms with Crippen LogP contribution in [-0.4, -0.2) is 17.4 Å². The lowest BCUT2D eigenvalue weighted by Crippen LogP contribution is -2.12. The minimum Gasteiger partial charge on any atom is -0.457 e. The highest BCUT2D eigenvalue weighted by Crippen LogP contribution is 2.36. The van der Waals surface area contributed by atoms with Crippen molar-refractivity contribution < 1.29 is 13.2 Å². The molecule has 2 heterocycles. The summed E-state index contributed by atoms with van der Waals surface area (Å²) in [4.78, 5) is 4.68. The Bertz CT molecular complexity index is 1660. The molecular weight excluding hydrogens is 580 g/mol. The number of benzene rings is 3. The Balaban J connectivity index is 1.77. The van der Waals surface area contributed by atoms with E-state index >= 15 is 0 Å². The summed E-state index contributed by atoms with van der Waals surface area (Å²) >= 11 is 6.73. The van der Waals surface area contributed by atoms with Crippen LogP contribution in [0.1, 0.15) is 11.3 Å². The Morgan fingerprint density at radius 2 is 1.59 bits per heavy atom. The first-order chi connectivity index (χ1) is 16.3. The fourth-order valence-corrected chi connectivity index (χ4v) is 5.82. The van der Waals surface area contributed by atoms with Gasteiger partial charge in [0.1, 0.15) is 11.5 Å². The summed E-state index contributed by atoms with van der Waals surface area (Å²) in [6.45, 7) is 1.92. The summed E-state index contributed by atoms with van der Waals surface area (Å²) in [7, 11) is -3.87. The molecule has 170 valence electrons. The molecule has 0 bridgehead atoms. The molecule has 0 saturated carbocycles. The fraction of sp³-hybridized carbons (Fsp3) is 0.0385. The molecule has 5 nitrogen and oxygen atoms in total. The molecule has 0 spiro atoms. The average molecular weight is 598 g/mol. The van der Waals surface area contributed by atoms with E-state index in [1.807, 2.05) is 49.4 Å². The van der Waals surface area contributed by atoms with Gasteiger partial charge in [-0.25, -0.2) is 12.4 Å². The van der Waals surface area contributed by atoms with E-state index in [4.69, 9.17) is 4.74 Å². The molecule has 34 heavy (non-hydrogen) atoms. The van der Waals surface area contributed by atoms with E-state index in [2.05, 4.69) is 36.8 Å². The quantitative estimate of drug-likeness (QED) is 0.209. The minimum atomic E-state index is -3.87. The van der Waals surface area contributed by atoms with E-state index in [0.717, 1.165) is 19.7 Å². The number of pyridine rings is 1. The van der Waals surface area contributed by atoms with Crippen LogP contribution in [0.15, 0.2) is 93.3 Å². The van der Waals surface area contributed by atoms with Gasteiger partial charge in [-0.3, -0.25) is 4.98 Å². The monoisotopic (exact) mass is 596 g/mol. The summed E-state index contributed by atoms with van der Waals surface area (Å²) in [5.41, 5.74) is 2.71. The number of aromatic nitrogens is 2. The Hall–Kier alpha value is -2.94. The van der Waals surface area contributed by atoms with Crippen LogP contribution in [0, 0.1) is 6.92 Å². The van der Waals surface area contributed by atoms with Gasteiger partial charge in [-0.15, -0.1) is 0 Å². The molecule has 0 unspecified atom stereocenters. The van der Waals surface area contributed by atoms with Crippen molar-refractivity contribution in [3.8, 4) is 11.5 Å². The number of halogens is 2. The number of hydrogen-bond acceptors (Lipinski definition) is 4. The Kier molecular flexibility index (Phi) is 6.06. The molecule has 0 saturated heterocycles. The molecule has 0 amide bonds. The van der Waals surface area contributed by atoms with Crippen LogP contribution in [0.25, 0.3) is 27.9 Å². The third-order valence-electron chi connectivity index (χ3n) is 5.39. The van der Waals surface area contributed by atoms with Crippen molar-refractivity contribution in [3.63, 3.8) is 0 Å². The van der Waals surface area contributed by atoms with Crippen LogP contribution >= 0.6 is 31.9 Å². The van der Waals surface area contributed by atoms with Gasteiger partial charge in [0.15, 0.2) is 0 Å². The van der Waals surface area contributed by atoms with Crippen molar-refractivity contribution in [2.24, 2.45) is 0 Å². The number of hydrogen-bond donors (Lipinski definition) is 0. The van der Waals surface area contributed by atoms with Crippen LogP contribution in [0.4, 0.5) is 0 Å². The van der Waals surface area contributed by atoms with Gasteiger partial charge >= 0.3 is 0 Å². The Morgan fingerprint density at radius 1 is 0.882 bits per heavy atom. The zero-order chi connectivity index (χ0) is 23.9. The number of rotatable bonds is 5. The maximum absolute atomic E-state index is 13.7. The molecule has 5 aromatic rings. The summed E-state index contributed by atoms with van der Waals surface area (Å²) in [5, 5.41) is 1.51. The van der Waals surface area contributed by atoms with Gasteiger partial charge in [-0.2, -0.15) is 0 Å². The standard InChI is InChI=1S/C26H18Br2N2O3S/c1-17-7-10-21(11-8-17)34(31,32)30-24-12-9-20(33-19-5-3-2-4-6-19)15-23(24)22-13-18(14-26(27)28)29-16-25(22)30/h2-16H,1H3. The van der Waals surface area contributed by atoms with E-state index in [9.17, 15) is 8.42 Å². The van der Waals surface area contributed by atoms with Crippen LogP contribution in [0.3, 0.4) is 0 Å². The maximum Gasteiger partial charge on any atom is 0.268 e. The van der Waals surface area contributed by atoms with E-state index in [1.165, 1.54) is 3.97 Å². The predicted molar refractivity (Wildman–Crippen MR) is 143 cm³/mol. The van der Waals surface area contributed by atoms with Crippen LogP contribution < -0.4 is 4.74 Å². The second kappa shape index (κ2) is 9.02. The first-order valence-electron chi connectivity index (χ1n) is 10.3. The Morgan fingerprint density at radius 3 is 2.29 bits per heavy atom. The number of ether oxygens (including phenoxy) is 1. The number of para-hydroxylation sites is 1. The largest absolute Gasteiger partial charge is 0.457 e. The molecule has 5 rings (SSSR count). The molecule has 8 heteroatoms. The normalized spacial score (nSPS) is 11.6. The zero-order valence-corrected chi connectivity index (χ0v) is 21.9. The van der Waals surface area contributed by atoms with Gasteiger partial charge < -0.3 is 4.74 Å². The number of nitrogens with zero attached hydrogens (tertiary/aromatic N) is 2. The topological polar surface area (TPSA) is 61.2 Å². The highest BCUT2D eigenvalue weighted by atomic mass is 79.9. The molecule has 2 aromatic heterocycles. The maximum atomic E-state index is 13.7. The second-order valence-corrected chi connectivity index (χ2v) is 12.3. The van der Waals surface area contributed by atoms with Crippen LogP contribution in [-0.2, 0) is 10.0 Å². The molecule has 0 atom stereocenters.